The van der Waals surface area contributed by atoms with Crippen LogP contribution in [0.15, 0.2) is 70.5 Å². The maximum absolute atomic E-state index is 12.6. The van der Waals surface area contributed by atoms with Gasteiger partial charge < -0.3 is 24.6 Å². The van der Waals surface area contributed by atoms with Gasteiger partial charge in [0.25, 0.3) is 11.1 Å². The predicted octanol–water partition coefficient (Wildman–Crippen LogP) is 1.37. The Hall–Kier alpha value is -4.17. The van der Waals surface area contributed by atoms with E-state index in [-0.39, 0.29) is 21.8 Å². The number of aromatic amines is 3. The fourth-order valence-electron chi connectivity index (χ4n) is 3.58. The summed E-state index contributed by atoms with van der Waals surface area (Å²) in [5.74, 6) is 1.65. The summed E-state index contributed by atoms with van der Waals surface area (Å²) in [5, 5.41) is 0.396. The molecule has 8 heteroatoms. The molecule has 0 atom stereocenters. The van der Waals surface area contributed by atoms with Crippen molar-refractivity contribution in [3.8, 4) is 5.75 Å². The summed E-state index contributed by atoms with van der Waals surface area (Å²) in [7, 11) is 4.06. The molecule has 4 aromatic rings. The van der Waals surface area contributed by atoms with Crippen LogP contribution in [0.1, 0.15) is 28.9 Å². The summed E-state index contributed by atoms with van der Waals surface area (Å²) >= 11 is 0. The van der Waals surface area contributed by atoms with Crippen molar-refractivity contribution in [2.75, 3.05) is 27.2 Å². The quantitative estimate of drug-likeness (QED) is 0.320. The van der Waals surface area contributed by atoms with Crippen LogP contribution < -0.4 is 26.6 Å². The van der Waals surface area contributed by atoms with Gasteiger partial charge in [-0.1, -0.05) is 36.4 Å². The molecule has 2 aromatic heterocycles. The van der Waals surface area contributed by atoms with Gasteiger partial charge in [-0.3, -0.25) is 9.59 Å². The molecule has 0 spiro atoms. The zero-order chi connectivity index (χ0) is 24.6. The van der Waals surface area contributed by atoms with Gasteiger partial charge in [-0.2, -0.15) is 0 Å². The van der Waals surface area contributed by atoms with Gasteiger partial charge in [0, 0.05) is 25.4 Å². The van der Waals surface area contributed by atoms with Crippen molar-refractivity contribution in [3.63, 3.8) is 0 Å². The molecule has 0 aliphatic carbocycles. The molecular formula is C27H29N5O3. The van der Waals surface area contributed by atoms with E-state index in [0.717, 1.165) is 41.2 Å². The third-order valence-corrected chi connectivity index (χ3v) is 5.41. The lowest BCUT2D eigenvalue weighted by Crippen LogP contribution is -2.46. The summed E-state index contributed by atoms with van der Waals surface area (Å²) in [4.78, 5) is 40.0. The highest BCUT2D eigenvalue weighted by Gasteiger charge is 2.01. The van der Waals surface area contributed by atoms with Gasteiger partial charge in [-0.15, -0.1) is 0 Å². The topological polar surface area (TPSA) is 107 Å². The first-order valence-corrected chi connectivity index (χ1v) is 11.5. The van der Waals surface area contributed by atoms with Gasteiger partial charge >= 0.3 is 0 Å². The van der Waals surface area contributed by atoms with Crippen LogP contribution in [0.4, 0.5) is 0 Å². The number of nitrogens with one attached hydrogen (secondary N) is 3. The highest BCUT2D eigenvalue weighted by Crippen LogP contribution is 2.12. The minimum absolute atomic E-state index is 0.195. The third kappa shape index (κ3) is 6.91. The van der Waals surface area contributed by atoms with Crippen molar-refractivity contribution < 1.29 is 4.74 Å². The molecule has 0 aliphatic rings. The molecule has 35 heavy (non-hydrogen) atoms. The Morgan fingerprint density at radius 1 is 0.886 bits per heavy atom. The van der Waals surface area contributed by atoms with E-state index in [0.29, 0.717) is 13.0 Å². The molecule has 0 radical (unpaired) electrons. The van der Waals surface area contributed by atoms with E-state index in [1.807, 2.05) is 62.6 Å². The number of rotatable bonds is 9. The fourth-order valence-corrected chi connectivity index (χ4v) is 3.58. The number of nitrogens with zero attached hydrogens (tertiary/aromatic N) is 2. The zero-order valence-corrected chi connectivity index (χ0v) is 19.9. The van der Waals surface area contributed by atoms with Gasteiger partial charge in [0.2, 0.25) is 0 Å². The number of benzene rings is 2. The molecule has 0 saturated carbocycles. The van der Waals surface area contributed by atoms with Crippen molar-refractivity contribution in [2.45, 2.75) is 12.8 Å². The van der Waals surface area contributed by atoms with Crippen LogP contribution in [-0.4, -0.2) is 52.1 Å². The first-order chi connectivity index (χ1) is 17.0. The Morgan fingerprint density at radius 2 is 1.49 bits per heavy atom. The Kier molecular flexibility index (Phi) is 7.74. The van der Waals surface area contributed by atoms with Crippen molar-refractivity contribution in [3.05, 3.63) is 115 Å². The van der Waals surface area contributed by atoms with Crippen molar-refractivity contribution >= 4 is 12.2 Å². The molecule has 0 aliphatic heterocycles. The fraction of sp³-hybridized carbons (Fsp3) is 0.222. The highest BCUT2D eigenvalue weighted by molar-refractivity contribution is 5.50. The van der Waals surface area contributed by atoms with Crippen molar-refractivity contribution in [1.82, 2.24) is 24.8 Å². The van der Waals surface area contributed by atoms with E-state index in [1.54, 1.807) is 24.5 Å². The predicted molar refractivity (Wildman–Crippen MR) is 137 cm³/mol. The summed E-state index contributed by atoms with van der Waals surface area (Å²) in [6.45, 7) is 1.60. The second kappa shape index (κ2) is 11.3. The molecular weight excluding hydrogens is 442 g/mol. The van der Waals surface area contributed by atoms with E-state index in [9.17, 15) is 9.59 Å². The van der Waals surface area contributed by atoms with E-state index in [1.165, 1.54) is 0 Å². The molecule has 2 aromatic carbocycles. The van der Waals surface area contributed by atoms with Crippen LogP contribution in [0.2, 0.25) is 0 Å². The minimum Gasteiger partial charge on any atom is -0.494 e. The van der Waals surface area contributed by atoms with Crippen LogP contribution in [0, 0.1) is 0 Å². The SMILES string of the molecule is CN(C)CCCOc1ccc(/C=c2\[nH]c(=O)/c(=C/c3ccc(Cc4ncc[nH]4)cc3)[nH]c2=O)cc1. The second-order valence-electron chi connectivity index (χ2n) is 8.55. The number of aromatic nitrogens is 4. The minimum atomic E-state index is -0.366. The van der Waals surface area contributed by atoms with Gasteiger partial charge in [-0.25, -0.2) is 4.98 Å². The standard InChI is InChI=1S/C27H29N5O3/c1-32(2)14-3-15-35-22-10-8-20(9-11-22)17-24-27(34)30-23(26(33)31-24)16-19-4-6-21(7-5-19)18-25-28-12-13-29-25/h4-13,16-17H,3,14-15,18H2,1-2H3,(H,28,29)(H,30,34)(H,31,33)/b23-16-,24-17-. The monoisotopic (exact) mass is 471 g/mol. The Morgan fingerprint density at radius 3 is 2.03 bits per heavy atom. The molecule has 0 fully saturated rings. The molecule has 0 amide bonds. The van der Waals surface area contributed by atoms with Crippen molar-refractivity contribution in [2.24, 2.45) is 0 Å². The average Bonchev–Trinajstić information content (AvgIpc) is 3.35. The first kappa shape index (κ1) is 24.0. The maximum Gasteiger partial charge on any atom is 0.272 e. The van der Waals surface area contributed by atoms with E-state index in [4.69, 9.17) is 4.74 Å². The number of ether oxygens (including phenoxy) is 1. The number of hydrogen-bond donors (Lipinski definition) is 3. The molecule has 0 bridgehead atoms. The van der Waals surface area contributed by atoms with Gasteiger partial charge in [0.1, 0.15) is 22.3 Å². The molecule has 2 heterocycles. The number of H-pyrrole nitrogens is 3. The maximum atomic E-state index is 12.6. The van der Waals surface area contributed by atoms with Crippen LogP contribution in [0.25, 0.3) is 12.2 Å². The highest BCUT2D eigenvalue weighted by atomic mass is 16.5. The van der Waals surface area contributed by atoms with E-state index in [2.05, 4.69) is 24.8 Å². The summed E-state index contributed by atoms with van der Waals surface area (Å²) in [6, 6.07) is 15.2. The molecule has 8 nitrogen and oxygen atoms in total. The van der Waals surface area contributed by atoms with Gasteiger partial charge in [-0.05, 0) is 61.5 Å². The lowest BCUT2D eigenvalue weighted by atomic mass is 10.1. The molecule has 3 N–H and O–H groups in total. The Balaban J connectivity index is 1.48. The van der Waals surface area contributed by atoms with E-state index >= 15 is 0 Å². The Bertz CT molecular complexity index is 1470. The van der Waals surface area contributed by atoms with Crippen LogP contribution in [0.5, 0.6) is 5.75 Å². The second-order valence-corrected chi connectivity index (χ2v) is 8.55. The number of imidazole rings is 1. The van der Waals surface area contributed by atoms with Crippen molar-refractivity contribution in [1.29, 1.82) is 0 Å². The lowest BCUT2D eigenvalue weighted by molar-refractivity contribution is 0.281. The zero-order valence-electron chi connectivity index (χ0n) is 19.9. The van der Waals surface area contributed by atoms with Gasteiger partial charge in [0.15, 0.2) is 0 Å². The Labute approximate surface area is 202 Å². The smallest absolute Gasteiger partial charge is 0.272 e. The first-order valence-electron chi connectivity index (χ1n) is 11.5. The molecule has 0 unspecified atom stereocenters. The van der Waals surface area contributed by atoms with Crippen LogP contribution >= 0.6 is 0 Å². The van der Waals surface area contributed by atoms with Crippen LogP contribution in [0.3, 0.4) is 0 Å². The lowest BCUT2D eigenvalue weighted by Gasteiger charge is -2.10. The third-order valence-electron chi connectivity index (χ3n) is 5.41. The largest absolute Gasteiger partial charge is 0.494 e. The summed E-state index contributed by atoms with van der Waals surface area (Å²) in [6.07, 6.45) is 8.44. The number of hydrogen-bond acceptors (Lipinski definition) is 5. The molecule has 4 rings (SSSR count). The molecule has 0 saturated heterocycles. The summed E-state index contributed by atoms with van der Waals surface area (Å²) < 4.78 is 5.73. The molecule has 180 valence electrons. The summed E-state index contributed by atoms with van der Waals surface area (Å²) in [5.41, 5.74) is 1.96. The average molecular weight is 472 g/mol. The van der Waals surface area contributed by atoms with Gasteiger partial charge in [0.05, 0.1) is 6.61 Å². The normalized spacial score (nSPS) is 12.4. The van der Waals surface area contributed by atoms with Crippen LogP contribution in [-0.2, 0) is 6.42 Å². The van der Waals surface area contributed by atoms with E-state index < -0.39 is 0 Å².